The van der Waals surface area contributed by atoms with E-state index in [-0.39, 0.29) is 24.8 Å². The Morgan fingerprint density at radius 1 is 1.00 bits per heavy atom. The molecule has 0 saturated heterocycles. The van der Waals surface area contributed by atoms with Gasteiger partial charge in [0.05, 0.1) is 12.2 Å². The Hall–Kier alpha value is -4.24. The molecular formula is C26H23FN2O6. The van der Waals surface area contributed by atoms with Gasteiger partial charge in [0.25, 0.3) is 5.91 Å². The minimum atomic E-state index is -1.36. The van der Waals surface area contributed by atoms with Crippen molar-refractivity contribution in [2.24, 2.45) is 0 Å². The molecule has 0 bridgehead atoms. The molecular weight excluding hydrogens is 455 g/mol. The van der Waals surface area contributed by atoms with Crippen LogP contribution in [0.3, 0.4) is 0 Å². The molecule has 1 atom stereocenters. The van der Waals surface area contributed by atoms with E-state index >= 15 is 0 Å². The molecule has 180 valence electrons. The van der Waals surface area contributed by atoms with Gasteiger partial charge < -0.3 is 19.9 Å². The summed E-state index contributed by atoms with van der Waals surface area (Å²) >= 11 is 0. The lowest BCUT2D eigenvalue weighted by atomic mass is 9.98. The number of carboxylic acid groups (broad SMARTS) is 1. The number of benzene rings is 3. The fourth-order valence-corrected chi connectivity index (χ4v) is 4.11. The van der Waals surface area contributed by atoms with Crippen molar-refractivity contribution >= 4 is 23.7 Å². The molecule has 0 fully saturated rings. The van der Waals surface area contributed by atoms with Gasteiger partial charge in [0, 0.05) is 18.7 Å². The second kappa shape index (κ2) is 10.4. The van der Waals surface area contributed by atoms with Crippen molar-refractivity contribution in [3.8, 4) is 11.1 Å². The Labute approximate surface area is 200 Å². The first-order chi connectivity index (χ1) is 16.9. The van der Waals surface area contributed by atoms with Crippen molar-refractivity contribution < 1.29 is 33.4 Å². The Morgan fingerprint density at radius 2 is 1.63 bits per heavy atom. The number of halogens is 1. The molecule has 1 aliphatic rings. The van der Waals surface area contributed by atoms with E-state index in [0.29, 0.717) is 0 Å². The van der Waals surface area contributed by atoms with Crippen LogP contribution in [0.1, 0.15) is 27.4 Å². The van der Waals surface area contributed by atoms with Crippen LogP contribution in [0.25, 0.3) is 11.1 Å². The van der Waals surface area contributed by atoms with Gasteiger partial charge in [-0.1, -0.05) is 48.5 Å². The largest absolute Gasteiger partial charge is 0.480 e. The van der Waals surface area contributed by atoms with Crippen LogP contribution >= 0.6 is 0 Å². The summed E-state index contributed by atoms with van der Waals surface area (Å²) in [6.45, 7) is -0.202. The van der Waals surface area contributed by atoms with Gasteiger partial charge >= 0.3 is 12.1 Å². The number of amides is 2. The molecule has 0 heterocycles. The molecule has 2 amide bonds. The highest BCUT2D eigenvalue weighted by molar-refractivity contribution is 5.98. The molecule has 9 heteroatoms. The van der Waals surface area contributed by atoms with Crippen LogP contribution in [-0.4, -0.2) is 49.4 Å². The Bertz CT molecular complexity index is 1230. The van der Waals surface area contributed by atoms with E-state index in [0.717, 1.165) is 34.4 Å². The molecule has 0 spiro atoms. The zero-order valence-electron chi connectivity index (χ0n) is 18.8. The molecule has 3 N–H and O–H groups in total. The summed E-state index contributed by atoms with van der Waals surface area (Å²) in [5.41, 5.74) is 4.01. The Morgan fingerprint density at radius 3 is 2.23 bits per heavy atom. The number of methoxy groups -OCH3 is 1. The molecule has 4 rings (SSSR count). The number of nitrogens with one attached hydrogen (secondary N) is 2. The highest BCUT2D eigenvalue weighted by Gasteiger charge is 2.29. The number of anilines is 1. The number of hydrogen-bond donors (Lipinski definition) is 3. The first-order valence-corrected chi connectivity index (χ1v) is 10.8. The van der Waals surface area contributed by atoms with Gasteiger partial charge in [-0.15, -0.1) is 0 Å². The number of carbonyl (C=O) groups excluding carboxylic acids is 2. The summed E-state index contributed by atoms with van der Waals surface area (Å²) in [6.07, 6.45) is -0.771. The SMILES string of the molecule is COC[C@H](NC(=O)c1cc(NC(=O)OCC2c3ccccc3-c3ccccc32)ccc1F)C(=O)O. The van der Waals surface area contributed by atoms with E-state index < -0.39 is 35.4 Å². The summed E-state index contributed by atoms with van der Waals surface area (Å²) in [4.78, 5) is 36.1. The summed E-state index contributed by atoms with van der Waals surface area (Å²) < 4.78 is 24.5. The lowest BCUT2D eigenvalue weighted by molar-refractivity contribution is -0.140. The molecule has 0 aliphatic heterocycles. The van der Waals surface area contributed by atoms with Gasteiger partial charge in [-0.05, 0) is 40.5 Å². The van der Waals surface area contributed by atoms with Gasteiger partial charge in [0.1, 0.15) is 12.4 Å². The third-order valence-electron chi connectivity index (χ3n) is 5.74. The van der Waals surface area contributed by atoms with Crippen LogP contribution in [0.15, 0.2) is 66.7 Å². The minimum Gasteiger partial charge on any atom is -0.480 e. The molecule has 3 aromatic carbocycles. The van der Waals surface area contributed by atoms with Crippen LogP contribution in [0.5, 0.6) is 0 Å². The summed E-state index contributed by atoms with van der Waals surface area (Å²) in [5.74, 6) is -3.28. The fourth-order valence-electron chi connectivity index (χ4n) is 4.11. The van der Waals surface area contributed by atoms with Crippen LogP contribution in [0.2, 0.25) is 0 Å². The van der Waals surface area contributed by atoms with E-state index in [2.05, 4.69) is 10.6 Å². The number of rotatable bonds is 8. The van der Waals surface area contributed by atoms with Crippen molar-refractivity contribution in [2.45, 2.75) is 12.0 Å². The first kappa shape index (κ1) is 23.9. The quantitative estimate of drug-likeness (QED) is 0.451. The smallest absolute Gasteiger partial charge is 0.411 e. The van der Waals surface area contributed by atoms with E-state index in [1.165, 1.54) is 13.2 Å². The average molecular weight is 478 g/mol. The topological polar surface area (TPSA) is 114 Å². The van der Waals surface area contributed by atoms with E-state index in [4.69, 9.17) is 14.6 Å². The number of fused-ring (bicyclic) bond motifs is 3. The zero-order chi connectivity index (χ0) is 24.9. The van der Waals surface area contributed by atoms with Gasteiger partial charge in [0.2, 0.25) is 0 Å². The third-order valence-corrected chi connectivity index (χ3v) is 5.74. The van der Waals surface area contributed by atoms with E-state index in [1.807, 2.05) is 48.5 Å². The second-order valence-corrected chi connectivity index (χ2v) is 7.96. The fraction of sp³-hybridized carbons (Fsp3) is 0.192. The van der Waals surface area contributed by atoms with Crippen molar-refractivity contribution in [3.63, 3.8) is 0 Å². The second-order valence-electron chi connectivity index (χ2n) is 7.96. The molecule has 0 saturated carbocycles. The molecule has 0 radical (unpaired) electrons. The maximum atomic E-state index is 14.2. The summed E-state index contributed by atoms with van der Waals surface area (Å²) in [7, 11) is 1.28. The van der Waals surface area contributed by atoms with Gasteiger partial charge in [-0.2, -0.15) is 0 Å². The highest BCUT2D eigenvalue weighted by atomic mass is 19.1. The van der Waals surface area contributed by atoms with Crippen LogP contribution in [0, 0.1) is 5.82 Å². The van der Waals surface area contributed by atoms with Crippen molar-refractivity contribution in [1.29, 1.82) is 0 Å². The highest BCUT2D eigenvalue weighted by Crippen LogP contribution is 2.44. The standard InChI is InChI=1S/C26H23FN2O6/c1-34-14-23(25(31)32)29-24(30)20-12-15(10-11-22(20)27)28-26(33)35-13-21-18-8-4-2-6-16(18)17-7-3-5-9-19(17)21/h2-12,21,23H,13-14H2,1H3,(H,28,33)(H,29,30)(H,31,32)/t23-/m0/s1. The van der Waals surface area contributed by atoms with Crippen LogP contribution in [-0.2, 0) is 14.3 Å². The number of carboxylic acids is 1. The van der Waals surface area contributed by atoms with Crippen LogP contribution < -0.4 is 10.6 Å². The van der Waals surface area contributed by atoms with Crippen molar-refractivity contribution in [1.82, 2.24) is 5.32 Å². The van der Waals surface area contributed by atoms with Crippen molar-refractivity contribution in [3.05, 3.63) is 89.2 Å². The van der Waals surface area contributed by atoms with Crippen LogP contribution in [0.4, 0.5) is 14.9 Å². The molecule has 35 heavy (non-hydrogen) atoms. The number of aliphatic carboxylic acids is 1. The predicted molar refractivity (Wildman–Crippen MR) is 126 cm³/mol. The van der Waals surface area contributed by atoms with Gasteiger partial charge in [0.15, 0.2) is 6.04 Å². The molecule has 0 aromatic heterocycles. The van der Waals surface area contributed by atoms with Gasteiger partial charge in [-0.3, -0.25) is 10.1 Å². The summed E-state index contributed by atoms with van der Waals surface area (Å²) in [5, 5.41) is 13.8. The maximum Gasteiger partial charge on any atom is 0.411 e. The number of hydrogen-bond acceptors (Lipinski definition) is 5. The lowest BCUT2D eigenvalue weighted by Gasteiger charge is -2.16. The van der Waals surface area contributed by atoms with E-state index in [1.54, 1.807) is 0 Å². The monoisotopic (exact) mass is 478 g/mol. The minimum absolute atomic E-state index is 0.0890. The summed E-state index contributed by atoms with van der Waals surface area (Å²) in [6, 6.07) is 17.9. The zero-order valence-corrected chi connectivity index (χ0v) is 18.8. The predicted octanol–water partition coefficient (Wildman–Crippen LogP) is 4.02. The molecule has 3 aromatic rings. The van der Waals surface area contributed by atoms with Crippen molar-refractivity contribution in [2.75, 3.05) is 25.6 Å². The van der Waals surface area contributed by atoms with Gasteiger partial charge in [-0.25, -0.2) is 14.0 Å². The molecule has 1 aliphatic carbocycles. The third kappa shape index (κ3) is 5.15. The molecule has 8 nitrogen and oxygen atoms in total. The number of ether oxygens (including phenoxy) is 2. The Balaban J connectivity index is 1.43. The Kier molecular flexibility index (Phi) is 7.07. The molecule has 0 unspecified atom stereocenters. The maximum absolute atomic E-state index is 14.2. The average Bonchev–Trinajstić information content (AvgIpc) is 3.17. The van der Waals surface area contributed by atoms with E-state index in [9.17, 15) is 18.8 Å². The number of carbonyl (C=O) groups is 3. The lowest BCUT2D eigenvalue weighted by Crippen LogP contribution is -2.44. The normalized spacial score (nSPS) is 12.9. The first-order valence-electron chi connectivity index (χ1n) is 10.8.